The first kappa shape index (κ1) is 14.7. The maximum absolute atomic E-state index is 12.6. The Hall–Kier alpha value is -1.91. The highest BCUT2D eigenvalue weighted by atomic mass is 79.9. The summed E-state index contributed by atoms with van der Waals surface area (Å²) < 4.78 is 2.79. The topological polar surface area (TPSA) is 34.9 Å². The van der Waals surface area contributed by atoms with E-state index in [1.54, 1.807) is 22.8 Å². The third-order valence-electron chi connectivity index (χ3n) is 4.02. The largest absolute Gasteiger partial charge is 0.292 e. The van der Waals surface area contributed by atoms with Crippen LogP contribution in [0.15, 0.2) is 51.7 Å². The molecule has 1 aliphatic rings. The van der Waals surface area contributed by atoms with Gasteiger partial charge in [0.25, 0.3) is 5.56 Å². The van der Waals surface area contributed by atoms with Crippen molar-refractivity contribution in [3.63, 3.8) is 0 Å². The molecule has 2 heterocycles. The van der Waals surface area contributed by atoms with Gasteiger partial charge in [0.05, 0.1) is 10.9 Å². The molecule has 2 aromatic carbocycles. The Bertz CT molecular complexity index is 1010. The zero-order chi connectivity index (χ0) is 16.0. The van der Waals surface area contributed by atoms with Gasteiger partial charge in [0.1, 0.15) is 5.82 Å². The lowest BCUT2D eigenvalue weighted by Crippen LogP contribution is -2.20. The first-order valence-corrected chi connectivity index (χ1v) is 8.45. The van der Waals surface area contributed by atoms with Gasteiger partial charge >= 0.3 is 0 Å². The zero-order valence-corrected chi connectivity index (χ0v) is 14.4. The van der Waals surface area contributed by atoms with Crippen LogP contribution >= 0.6 is 27.5 Å². The molecule has 0 aliphatic carbocycles. The molecular formula is C18H12BrClN2O. The molecule has 5 heteroatoms. The summed E-state index contributed by atoms with van der Waals surface area (Å²) in [5, 5.41) is 1.20. The molecule has 114 valence electrons. The van der Waals surface area contributed by atoms with E-state index in [-0.39, 0.29) is 5.56 Å². The highest BCUT2D eigenvalue weighted by Gasteiger charge is 2.20. The van der Waals surface area contributed by atoms with Gasteiger partial charge in [-0.1, -0.05) is 39.7 Å². The summed E-state index contributed by atoms with van der Waals surface area (Å²) in [4.78, 5) is 17.3. The lowest BCUT2D eigenvalue weighted by Gasteiger charge is -2.06. The summed E-state index contributed by atoms with van der Waals surface area (Å²) in [5.74, 6) is 0.743. The Labute approximate surface area is 146 Å². The molecule has 0 atom stereocenters. The van der Waals surface area contributed by atoms with E-state index < -0.39 is 0 Å². The van der Waals surface area contributed by atoms with Gasteiger partial charge in [0, 0.05) is 16.0 Å². The minimum Gasteiger partial charge on any atom is -0.292 e. The summed E-state index contributed by atoms with van der Waals surface area (Å²) in [6.45, 7) is 0.669. The van der Waals surface area contributed by atoms with Crippen molar-refractivity contribution in [3.05, 3.63) is 73.7 Å². The van der Waals surface area contributed by atoms with Crippen molar-refractivity contribution in [2.75, 3.05) is 0 Å². The van der Waals surface area contributed by atoms with Gasteiger partial charge < -0.3 is 0 Å². The van der Waals surface area contributed by atoms with Crippen molar-refractivity contribution in [3.8, 4) is 0 Å². The van der Waals surface area contributed by atoms with Gasteiger partial charge in [-0.05, 0) is 54.0 Å². The van der Waals surface area contributed by atoms with Crippen LogP contribution in [0.25, 0.3) is 22.6 Å². The molecule has 4 rings (SSSR count). The molecule has 1 aliphatic heterocycles. The monoisotopic (exact) mass is 386 g/mol. The summed E-state index contributed by atoms with van der Waals surface area (Å²) in [6, 6.07) is 13.3. The molecule has 1 aromatic heterocycles. The van der Waals surface area contributed by atoms with E-state index in [1.165, 1.54) is 0 Å². The second-order valence-electron chi connectivity index (χ2n) is 5.52. The third-order valence-corrected chi connectivity index (χ3v) is 4.78. The SMILES string of the molecule is O=c1c2ccc(Cl)cc2nc2n1CCC2=Cc1ccc(Br)cc1. The third kappa shape index (κ3) is 2.62. The molecule has 0 radical (unpaired) electrons. The van der Waals surface area contributed by atoms with Crippen LogP contribution in [0.4, 0.5) is 0 Å². The highest BCUT2D eigenvalue weighted by molar-refractivity contribution is 9.10. The van der Waals surface area contributed by atoms with Gasteiger partial charge in [0.2, 0.25) is 0 Å². The van der Waals surface area contributed by atoms with E-state index >= 15 is 0 Å². The Kier molecular flexibility index (Phi) is 3.58. The number of benzene rings is 2. The average molecular weight is 388 g/mol. The van der Waals surface area contributed by atoms with Crippen LogP contribution in [0.1, 0.15) is 17.8 Å². The van der Waals surface area contributed by atoms with Crippen molar-refractivity contribution in [1.82, 2.24) is 9.55 Å². The lowest BCUT2D eigenvalue weighted by atomic mass is 10.1. The normalized spacial score (nSPS) is 15.3. The van der Waals surface area contributed by atoms with E-state index in [9.17, 15) is 4.79 Å². The van der Waals surface area contributed by atoms with Crippen LogP contribution in [0.5, 0.6) is 0 Å². The molecular weight excluding hydrogens is 376 g/mol. The van der Waals surface area contributed by atoms with Crippen LogP contribution < -0.4 is 5.56 Å². The molecule has 0 spiro atoms. The van der Waals surface area contributed by atoms with Crippen LogP contribution in [-0.4, -0.2) is 9.55 Å². The van der Waals surface area contributed by atoms with Crippen molar-refractivity contribution in [1.29, 1.82) is 0 Å². The summed E-state index contributed by atoms with van der Waals surface area (Å²) in [6.07, 6.45) is 2.90. The van der Waals surface area contributed by atoms with Crippen molar-refractivity contribution in [2.24, 2.45) is 0 Å². The van der Waals surface area contributed by atoms with Crippen molar-refractivity contribution < 1.29 is 0 Å². The molecule has 0 N–H and O–H groups in total. The summed E-state index contributed by atoms with van der Waals surface area (Å²) >= 11 is 9.47. The fraction of sp³-hybridized carbons (Fsp3) is 0.111. The summed E-state index contributed by atoms with van der Waals surface area (Å²) in [5.41, 5.74) is 2.82. The van der Waals surface area contributed by atoms with E-state index in [2.05, 4.69) is 27.0 Å². The second kappa shape index (κ2) is 5.62. The number of hydrogen-bond acceptors (Lipinski definition) is 2. The number of halogens is 2. The van der Waals surface area contributed by atoms with Crippen LogP contribution in [0, 0.1) is 0 Å². The smallest absolute Gasteiger partial charge is 0.261 e. The number of fused-ring (bicyclic) bond motifs is 2. The number of rotatable bonds is 1. The number of aromatic nitrogens is 2. The maximum atomic E-state index is 12.6. The van der Waals surface area contributed by atoms with Crippen LogP contribution in [-0.2, 0) is 6.54 Å². The molecule has 0 saturated carbocycles. The predicted octanol–water partition coefficient (Wildman–Crippen LogP) is 4.76. The van der Waals surface area contributed by atoms with Crippen molar-refractivity contribution >= 4 is 50.1 Å². The second-order valence-corrected chi connectivity index (χ2v) is 6.88. The maximum Gasteiger partial charge on any atom is 0.261 e. The number of nitrogens with zero attached hydrogens (tertiary/aromatic N) is 2. The van der Waals surface area contributed by atoms with Gasteiger partial charge in [-0.25, -0.2) is 4.98 Å². The Morgan fingerprint density at radius 1 is 1.17 bits per heavy atom. The first-order chi connectivity index (χ1) is 11.1. The van der Waals surface area contributed by atoms with Crippen LogP contribution in [0.3, 0.4) is 0 Å². The number of allylic oxidation sites excluding steroid dienone is 1. The zero-order valence-electron chi connectivity index (χ0n) is 12.1. The fourth-order valence-corrected chi connectivity index (χ4v) is 3.32. The molecule has 0 fully saturated rings. The van der Waals surface area contributed by atoms with E-state index in [0.29, 0.717) is 22.5 Å². The lowest BCUT2D eigenvalue weighted by molar-refractivity contribution is 0.725. The Morgan fingerprint density at radius 3 is 2.74 bits per heavy atom. The highest BCUT2D eigenvalue weighted by Crippen LogP contribution is 2.28. The standard InChI is InChI=1S/C18H12BrClN2O/c19-13-3-1-11(2-4-13)9-12-7-8-22-17(12)21-16-10-14(20)5-6-15(16)18(22)23/h1-6,9-10H,7-8H2. The predicted molar refractivity (Wildman–Crippen MR) is 97.6 cm³/mol. The van der Waals surface area contributed by atoms with Crippen molar-refractivity contribution in [2.45, 2.75) is 13.0 Å². The van der Waals surface area contributed by atoms with E-state index in [1.807, 2.05) is 24.3 Å². The molecule has 0 unspecified atom stereocenters. The minimum atomic E-state index is 0.000808. The van der Waals surface area contributed by atoms with Gasteiger partial charge in [-0.3, -0.25) is 9.36 Å². The molecule has 3 nitrogen and oxygen atoms in total. The average Bonchev–Trinajstić information content (AvgIpc) is 2.93. The Balaban J connectivity index is 1.89. The summed E-state index contributed by atoms with van der Waals surface area (Å²) in [7, 11) is 0. The Morgan fingerprint density at radius 2 is 1.96 bits per heavy atom. The molecule has 0 saturated heterocycles. The molecule has 23 heavy (non-hydrogen) atoms. The molecule has 0 amide bonds. The van der Waals surface area contributed by atoms with E-state index in [4.69, 9.17) is 11.6 Å². The van der Waals surface area contributed by atoms with Gasteiger partial charge in [0.15, 0.2) is 0 Å². The molecule has 3 aromatic rings. The fourth-order valence-electron chi connectivity index (χ4n) is 2.89. The van der Waals surface area contributed by atoms with E-state index in [0.717, 1.165) is 27.9 Å². The van der Waals surface area contributed by atoms with Crippen LogP contribution in [0.2, 0.25) is 5.02 Å². The quantitative estimate of drug-likeness (QED) is 0.603. The minimum absolute atomic E-state index is 0.000808. The first-order valence-electron chi connectivity index (χ1n) is 7.28. The van der Waals surface area contributed by atoms with Gasteiger partial charge in [-0.2, -0.15) is 0 Å². The molecule has 0 bridgehead atoms. The number of hydrogen-bond donors (Lipinski definition) is 0. The van der Waals surface area contributed by atoms with Gasteiger partial charge in [-0.15, -0.1) is 0 Å².